The summed E-state index contributed by atoms with van der Waals surface area (Å²) in [6.45, 7) is 2.61. The summed E-state index contributed by atoms with van der Waals surface area (Å²) < 4.78 is 7.33. The fourth-order valence-corrected chi connectivity index (χ4v) is 2.85. The van der Waals surface area contributed by atoms with E-state index in [0.29, 0.717) is 13.0 Å². The fraction of sp³-hybridized carbons (Fsp3) is 0.211. The number of nitrogens with zero attached hydrogens (tertiary/aromatic N) is 4. The first-order valence-electron chi connectivity index (χ1n) is 8.09. The van der Waals surface area contributed by atoms with Crippen molar-refractivity contribution >= 4 is 18.0 Å². The van der Waals surface area contributed by atoms with Crippen molar-refractivity contribution in [2.24, 2.45) is 5.10 Å². The van der Waals surface area contributed by atoms with Crippen LogP contribution in [0.1, 0.15) is 23.9 Å². The molecule has 0 amide bonds. The van der Waals surface area contributed by atoms with Crippen molar-refractivity contribution in [1.82, 2.24) is 14.9 Å². The average molecular weight is 352 g/mol. The molecule has 0 bridgehead atoms. The normalized spacial score (nSPS) is 11.1. The van der Waals surface area contributed by atoms with Gasteiger partial charge in [0, 0.05) is 6.42 Å². The minimum atomic E-state index is 0.643. The maximum atomic E-state index is 5.53. The minimum Gasteiger partial charge on any atom is -0.494 e. The van der Waals surface area contributed by atoms with E-state index in [1.165, 1.54) is 17.3 Å². The standard InChI is InChI=1S/C19H20N4OS/c1-3-24-17-11-7-10-16(12-17)14-20-23-18(21-22-19(23)25-2)13-15-8-5-4-6-9-15/h4-12,14H,3,13H2,1-2H3/b20-14-. The Bertz CT molecular complexity index is 846. The number of benzene rings is 2. The van der Waals surface area contributed by atoms with Crippen molar-refractivity contribution < 1.29 is 4.74 Å². The summed E-state index contributed by atoms with van der Waals surface area (Å²) in [5.41, 5.74) is 2.15. The predicted molar refractivity (Wildman–Crippen MR) is 102 cm³/mol. The largest absolute Gasteiger partial charge is 0.494 e. The van der Waals surface area contributed by atoms with E-state index in [1.807, 2.05) is 55.6 Å². The lowest BCUT2D eigenvalue weighted by Crippen LogP contribution is -2.01. The van der Waals surface area contributed by atoms with E-state index >= 15 is 0 Å². The van der Waals surface area contributed by atoms with Crippen molar-refractivity contribution in [2.75, 3.05) is 12.9 Å². The third-order valence-electron chi connectivity index (χ3n) is 3.56. The Kier molecular flexibility index (Phi) is 5.85. The number of rotatable bonds is 7. The average Bonchev–Trinajstić information content (AvgIpc) is 3.03. The Labute approximate surface area is 151 Å². The van der Waals surface area contributed by atoms with Gasteiger partial charge in [-0.25, -0.2) is 0 Å². The van der Waals surface area contributed by atoms with E-state index in [4.69, 9.17) is 4.74 Å². The molecule has 0 aliphatic rings. The molecule has 0 saturated carbocycles. The summed E-state index contributed by atoms with van der Waals surface area (Å²) in [6, 6.07) is 18.1. The van der Waals surface area contributed by atoms with Gasteiger partial charge < -0.3 is 4.74 Å². The molecule has 0 saturated heterocycles. The molecule has 25 heavy (non-hydrogen) atoms. The Morgan fingerprint density at radius 2 is 1.96 bits per heavy atom. The van der Waals surface area contributed by atoms with E-state index < -0.39 is 0 Å². The molecule has 2 aromatic carbocycles. The molecule has 0 radical (unpaired) electrons. The molecule has 3 rings (SSSR count). The van der Waals surface area contributed by atoms with Gasteiger partial charge in [0.25, 0.3) is 0 Å². The van der Waals surface area contributed by atoms with E-state index in [-0.39, 0.29) is 0 Å². The van der Waals surface area contributed by atoms with Crippen LogP contribution in [0.5, 0.6) is 5.75 Å². The first kappa shape index (κ1) is 17.2. The number of hydrogen-bond acceptors (Lipinski definition) is 5. The number of ether oxygens (including phenoxy) is 1. The molecule has 5 nitrogen and oxygen atoms in total. The molecular formula is C19H20N4OS. The smallest absolute Gasteiger partial charge is 0.211 e. The van der Waals surface area contributed by atoms with Crippen molar-refractivity contribution in [3.05, 3.63) is 71.5 Å². The Hall–Kier alpha value is -2.60. The zero-order chi connectivity index (χ0) is 17.5. The quantitative estimate of drug-likeness (QED) is 0.478. The topological polar surface area (TPSA) is 52.3 Å². The minimum absolute atomic E-state index is 0.643. The maximum absolute atomic E-state index is 5.53. The third kappa shape index (κ3) is 4.48. The Morgan fingerprint density at radius 3 is 2.72 bits per heavy atom. The lowest BCUT2D eigenvalue weighted by Gasteiger charge is -2.05. The highest BCUT2D eigenvalue weighted by Crippen LogP contribution is 2.17. The molecule has 0 fully saturated rings. The van der Waals surface area contributed by atoms with Crippen molar-refractivity contribution in [2.45, 2.75) is 18.5 Å². The molecule has 0 N–H and O–H groups in total. The highest BCUT2D eigenvalue weighted by molar-refractivity contribution is 7.98. The molecule has 1 aromatic heterocycles. The fourth-order valence-electron chi connectivity index (χ4n) is 2.40. The molecule has 0 unspecified atom stereocenters. The number of thioether (sulfide) groups is 1. The van der Waals surface area contributed by atoms with Crippen LogP contribution < -0.4 is 4.74 Å². The molecule has 3 aromatic rings. The van der Waals surface area contributed by atoms with Gasteiger partial charge in [0.1, 0.15) is 5.75 Å². The Balaban J connectivity index is 1.86. The van der Waals surface area contributed by atoms with E-state index in [9.17, 15) is 0 Å². The molecule has 0 aliphatic carbocycles. The molecule has 0 spiro atoms. The van der Waals surface area contributed by atoms with Gasteiger partial charge in [-0.2, -0.15) is 9.78 Å². The van der Waals surface area contributed by atoms with Crippen LogP contribution >= 0.6 is 11.8 Å². The monoisotopic (exact) mass is 352 g/mol. The Morgan fingerprint density at radius 1 is 1.12 bits per heavy atom. The SMILES string of the molecule is CCOc1cccc(/C=N\n2c(Cc3ccccc3)nnc2SC)c1. The van der Waals surface area contributed by atoms with Crippen LogP contribution in [0, 0.1) is 0 Å². The summed E-state index contributed by atoms with van der Waals surface area (Å²) in [6.07, 6.45) is 4.46. The second kappa shape index (κ2) is 8.48. The van der Waals surface area contributed by atoms with Gasteiger partial charge in [0.2, 0.25) is 5.16 Å². The van der Waals surface area contributed by atoms with Crippen LogP contribution in [0.4, 0.5) is 0 Å². The number of aromatic nitrogens is 3. The highest BCUT2D eigenvalue weighted by Gasteiger charge is 2.11. The van der Waals surface area contributed by atoms with Crippen LogP contribution in [-0.2, 0) is 6.42 Å². The van der Waals surface area contributed by atoms with Crippen molar-refractivity contribution in [3.8, 4) is 5.75 Å². The second-order valence-electron chi connectivity index (χ2n) is 5.33. The zero-order valence-electron chi connectivity index (χ0n) is 14.3. The van der Waals surface area contributed by atoms with Crippen molar-refractivity contribution in [1.29, 1.82) is 0 Å². The lowest BCUT2D eigenvalue weighted by atomic mass is 10.1. The summed E-state index contributed by atoms with van der Waals surface area (Å²) in [4.78, 5) is 0. The predicted octanol–water partition coefficient (Wildman–Crippen LogP) is 3.87. The molecule has 0 atom stereocenters. The highest BCUT2D eigenvalue weighted by atomic mass is 32.2. The summed E-state index contributed by atoms with van der Waals surface area (Å²) in [5.74, 6) is 1.65. The van der Waals surface area contributed by atoms with E-state index in [0.717, 1.165) is 22.3 Å². The summed E-state index contributed by atoms with van der Waals surface area (Å²) in [7, 11) is 0. The molecule has 1 heterocycles. The van der Waals surface area contributed by atoms with Crippen molar-refractivity contribution in [3.63, 3.8) is 0 Å². The van der Waals surface area contributed by atoms with Gasteiger partial charge in [-0.3, -0.25) is 0 Å². The zero-order valence-corrected chi connectivity index (χ0v) is 15.1. The van der Waals surface area contributed by atoms with Crippen LogP contribution in [-0.4, -0.2) is 34.0 Å². The van der Waals surface area contributed by atoms with E-state index in [2.05, 4.69) is 27.4 Å². The number of hydrogen-bond donors (Lipinski definition) is 0. The van der Waals surface area contributed by atoms with Crippen LogP contribution in [0.3, 0.4) is 0 Å². The third-order valence-corrected chi connectivity index (χ3v) is 4.18. The van der Waals surface area contributed by atoms with Gasteiger partial charge in [0.15, 0.2) is 5.82 Å². The molecule has 0 aliphatic heterocycles. The molecular weight excluding hydrogens is 332 g/mol. The van der Waals surface area contributed by atoms with Gasteiger partial charge >= 0.3 is 0 Å². The lowest BCUT2D eigenvalue weighted by molar-refractivity contribution is 0.340. The van der Waals surface area contributed by atoms with Crippen LogP contribution in [0.25, 0.3) is 0 Å². The molecule has 6 heteroatoms. The van der Waals surface area contributed by atoms with E-state index in [1.54, 1.807) is 10.9 Å². The van der Waals surface area contributed by atoms with Gasteiger partial charge in [-0.05, 0) is 36.4 Å². The van der Waals surface area contributed by atoms with Gasteiger partial charge in [0.05, 0.1) is 12.8 Å². The first-order chi connectivity index (χ1) is 12.3. The summed E-state index contributed by atoms with van der Waals surface area (Å²) >= 11 is 1.52. The van der Waals surface area contributed by atoms with Gasteiger partial charge in [-0.15, -0.1) is 10.2 Å². The van der Waals surface area contributed by atoms with Crippen LogP contribution in [0.15, 0.2) is 64.9 Å². The maximum Gasteiger partial charge on any atom is 0.211 e. The first-order valence-corrected chi connectivity index (χ1v) is 9.32. The van der Waals surface area contributed by atoms with Crippen LogP contribution in [0.2, 0.25) is 0 Å². The van der Waals surface area contributed by atoms with Gasteiger partial charge in [-0.1, -0.05) is 54.2 Å². The second-order valence-corrected chi connectivity index (χ2v) is 6.10. The summed E-state index contributed by atoms with van der Waals surface area (Å²) in [5, 5.41) is 13.9. The molecule has 128 valence electrons.